The molecule has 0 amide bonds. The lowest BCUT2D eigenvalue weighted by Gasteiger charge is -2.17. The lowest BCUT2D eigenvalue weighted by Crippen LogP contribution is -2.20. The standard InChI is InChI=1S/C10H14NO2P/c12-14(10-7-4-8-11-10)13-9-5-2-1-3-6-9/h1-3,5-6,10-12H,4,7-8H2. The molecule has 0 saturated carbocycles. The molecule has 1 aromatic carbocycles. The Balaban J connectivity index is 1.90. The fourth-order valence-electron chi connectivity index (χ4n) is 1.51. The van der Waals surface area contributed by atoms with Gasteiger partial charge >= 0.3 is 0 Å². The van der Waals surface area contributed by atoms with E-state index in [1.807, 2.05) is 30.3 Å². The summed E-state index contributed by atoms with van der Waals surface area (Å²) in [7, 11) is -1.37. The van der Waals surface area contributed by atoms with Crippen molar-refractivity contribution in [1.29, 1.82) is 0 Å². The van der Waals surface area contributed by atoms with Crippen molar-refractivity contribution in [1.82, 2.24) is 5.32 Å². The van der Waals surface area contributed by atoms with Gasteiger partial charge < -0.3 is 14.7 Å². The van der Waals surface area contributed by atoms with E-state index in [1.54, 1.807) is 0 Å². The molecule has 3 nitrogen and oxygen atoms in total. The zero-order valence-corrected chi connectivity index (χ0v) is 8.78. The van der Waals surface area contributed by atoms with E-state index in [0.29, 0.717) is 0 Å². The monoisotopic (exact) mass is 211 g/mol. The third-order valence-corrected chi connectivity index (χ3v) is 3.61. The first-order valence-electron chi connectivity index (χ1n) is 4.81. The van der Waals surface area contributed by atoms with Crippen LogP contribution in [-0.4, -0.2) is 17.2 Å². The molecule has 0 radical (unpaired) electrons. The Hall–Kier alpha value is -0.630. The van der Waals surface area contributed by atoms with Crippen molar-refractivity contribution in [2.24, 2.45) is 0 Å². The lowest BCUT2D eigenvalue weighted by molar-refractivity contribution is 0.462. The molecule has 14 heavy (non-hydrogen) atoms. The average molecular weight is 211 g/mol. The molecule has 0 aliphatic carbocycles. The molecule has 2 atom stereocenters. The summed E-state index contributed by atoms with van der Waals surface area (Å²) < 4.78 is 5.46. The highest BCUT2D eigenvalue weighted by Gasteiger charge is 2.25. The predicted octanol–water partition coefficient (Wildman–Crippen LogP) is 2.08. The summed E-state index contributed by atoms with van der Waals surface area (Å²) in [6.07, 6.45) is 2.14. The van der Waals surface area contributed by atoms with Crippen molar-refractivity contribution in [3.63, 3.8) is 0 Å². The Morgan fingerprint density at radius 1 is 1.36 bits per heavy atom. The Kier molecular flexibility index (Phi) is 3.35. The molecule has 2 N–H and O–H groups in total. The van der Waals surface area contributed by atoms with Crippen LogP contribution in [0.2, 0.25) is 0 Å². The van der Waals surface area contributed by atoms with Crippen molar-refractivity contribution in [2.75, 3.05) is 6.54 Å². The highest BCUT2D eigenvalue weighted by atomic mass is 31.2. The molecule has 0 spiro atoms. The summed E-state index contributed by atoms with van der Waals surface area (Å²) >= 11 is 0. The summed E-state index contributed by atoms with van der Waals surface area (Å²) in [5.41, 5.74) is 0. The number of benzene rings is 1. The van der Waals surface area contributed by atoms with Crippen LogP contribution >= 0.6 is 8.38 Å². The van der Waals surface area contributed by atoms with Gasteiger partial charge in [0.05, 0.1) is 5.78 Å². The molecule has 1 aliphatic heterocycles. The molecule has 0 bridgehead atoms. The van der Waals surface area contributed by atoms with Crippen molar-refractivity contribution in [3.05, 3.63) is 30.3 Å². The van der Waals surface area contributed by atoms with E-state index in [9.17, 15) is 4.89 Å². The molecule has 1 aromatic rings. The zero-order valence-electron chi connectivity index (χ0n) is 7.89. The van der Waals surface area contributed by atoms with Crippen LogP contribution in [0.5, 0.6) is 5.75 Å². The first-order valence-corrected chi connectivity index (χ1v) is 6.09. The zero-order chi connectivity index (χ0) is 9.80. The van der Waals surface area contributed by atoms with Gasteiger partial charge in [0.25, 0.3) is 0 Å². The van der Waals surface area contributed by atoms with Gasteiger partial charge in [-0.1, -0.05) is 18.2 Å². The van der Waals surface area contributed by atoms with Gasteiger partial charge in [-0.05, 0) is 31.5 Å². The molecule has 2 rings (SSSR count). The predicted molar refractivity (Wildman–Crippen MR) is 57.2 cm³/mol. The van der Waals surface area contributed by atoms with Gasteiger partial charge in [-0.2, -0.15) is 0 Å². The van der Waals surface area contributed by atoms with Crippen LogP contribution in [0.1, 0.15) is 12.8 Å². The van der Waals surface area contributed by atoms with Crippen LogP contribution in [0, 0.1) is 0 Å². The van der Waals surface area contributed by atoms with E-state index in [2.05, 4.69) is 5.32 Å². The van der Waals surface area contributed by atoms with Crippen LogP contribution in [0.15, 0.2) is 30.3 Å². The van der Waals surface area contributed by atoms with Gasteiger partial charge in [-0.15, -0.1) is 0 Å². The minimum absolute atomic E-state index is 0.144. The van der Waals surface area contributed by atoms with E-state index < -0.39 is 8.38 Å². The Labute approximate surface area is 85.0 Å². The second-order valence-corrected chi connectivity index (χ2v) is 4.73. The lowest BCUT2D eigenvalue weighted by atomic mass is 10.3. The molecular weight excluding hydrogens is 197 g/mol. The van der Waals surface area contributed by atoms with Crippen LogP contribution in [0.4, 0.5) is 0 Å². The molecule has 0 aromatic heterocycles. The molecule has 76 valence electrons. The van der Waals surface area contributed by atoms with Crippen LogP contribution in [0.3, 0.4) is 0 Å². The summed E-state index contributed by atoms with van der Waals surface area (Å²) in [5, 5.41) is 3.23. The first-order chi connectivity index (χ1) is 6.86. The third-order valence-electron chi connectivity index (χ3n) is 2.24. The summed E-state index contributed by atoms with van der Waals surface area (Å²) in [6, 6.07) is 9.46. The van der Waals surface area contributed by atoms with Crippen LogP contribution < -0.4 is 9.84 Å². The van der Waals surface area contributed by atoms with Gasteiger partial charge in [0.15, 0.2) is 0 Å². The van der Waals surface area contributed by atoms with E-state index in [4.69, 9.17) is 4.52 Å². The number of para-hydroxylation sites is 1. The highest BCUT2D eigenvalue weighted by Crippen LogP contribution is 2.40. The molecule has 2 unspecified atom stereocenters. The summed E-state index contributed by atoms with van der Waals surface area (Å²) in [6.45, 7) is 0.988. The largest absolute Gasteiger partial charge is 0.446 e. The Morgan fingerprint density at radius 3 is 2.79 bits per heavy atom. The average Bonchev–Trinajstić information content (AvgIpc) is 2.72. The normalized spacial score (nSPS) is 23.4. The minimum Gasteiger partial charge on any atom is -0.446 e. The van der Waals surface area contributed by atoms with Crippen molar-refractivity contribution < 1.29 is 9.42 Å². The molecule has 1 aliphatic rings. The second-order valence-electron chi connectivity index (χ2n) is 3.32. The summed E-state index contributed by atoms with van der Waals surface area (Å²) in [4.78, 5) is 9.78. The number of rotatable bonds is 3. The number of hydrogen-bond acceptors (Lipinski definition) is 3. The van der Waals surface area contributed by atoms with Gasteiger partial charge in [-0.25, -0.2) is 0 Å². The maximum Gasteiger partial charge on any atom is 0.245 e. The summed E-state index contributed by atoms with van der Waals surface area (Å²) in [5.74, 6) is 0.889. The molecule has 1 heterocycles. The fraction of sp³-hybridized carbons (Fsp3) is 0.400. The first kappa shape index (κ1) is 9.91. The van der Waals surface area contributed by atoms with Crippen molar-refractivity contribution in [2.45, 2.75) is 18.6 Å². The maximum atomic E-state index is 9.78. The van der Waals surface area contributed by atoms with E-state index >= 15 is 0 Å². The molecule has 1 fully saturated rings. The third kappa shape index (κ3) is 2.44. The quantitative estimate of drug-likeness (QED) is 0.752. The second kappa shape index (κ2) is 4.74. The number of nitrogens with one attached hydrogen (secondary N) is 1. The van der Waals surface area contributed by atoms with Gasteiger partial charge in [0.2, 0.25) is 8.38 Å². The number of hydrogen-bond donors (Lipinski definition) is 2. The molecule has 1 saturated heterocycles. The smallest absolute Gasteiger partial charge is 0.245 e. The maximum absolute atomic E-state index is 9.78. The Morgan fingerprint density at radius 2 is 2.14 bits per heavy atom. The van der Waals surface area contributed by atoms with Crippen molar-refractivity contribution in [3.8, 4) is 5.75 Å². The van der Waals surface area contributed by atoms with Gasteiger partial charge in [0, 0.05) is 0 Å². The molecular formula is C10H14NO2P. The topological polar surface area (TPSA) is 41.5 Å². The van der Waals surface area contributed by atoms with Gasteiger partial charge in [-0.3, -0.25) is 0 Å². The van der Waals surface area contributed by atoms with Crippen molar-refractivity contribution >= 4 is 8.38 Å². The fourth-order valence-corrected chi connectivity index (χ4v) is 2.66. The van der Waals surface area contributed by atoms with Crippen LogP contribution in [0.25, 0.3) is 0 Å². The van der Waals surface area contributed by atoms with Crippen LogP contribution in [-0.2, 0) is 0 Å². The van der Waals surface area contributed by atoms with E-state index in [1.165, 1.54) is 0 Å². The van der Waals surface area contributed by atoms with E-state index in [-0.39, 0.29) is 5.78 Å². The van der Waals surface area contributed by atoms with E-state index in [0.717, 1.165) is 25.1 Å². The molecule has 4 heteroatoms. The van der Waals surface area contributed by atoms with Gasteiger partial charge in [0.1, 0.15) is 5.75 Å². The SMILES string of the molecule is OP(Oc1ccccc1)C1CCCN1. The Bertz CT molecular complexity index is 275. The minimum atomic E-state index is -1.37. The highest BCUT2D eigenvalue weighted by molar-refractivity contribution is 7.47.